The average Bonchev–Trinajstić information content (AvgIpc) is 1.60. The van der Waals surface area contributed by atoms with Crippen LogP contribution in [0.1, 0.15) is 249 Å². The number of hydrogen-bond acceptors (Lipinski definition) is 0. The van der Waals surface area contributed by atoms with Crippen LogP contribution in [0, 0.1) is 41.5 Å². The molecule has 712 valence electrons. The Balaban J connectivity index is 0. The zero-order valence-corrected chi connectivity index (χ0v) is 89.7. The second-order valence-corrected chi connectivity index (χ2v) is 28.3. The Bertz CT molecular complexity index is 5750. The SMILES string of the molecule is C.CC.CC.CC.CC.CC.CC.CC.CC.CC.CC.CC.CC.CC.Cc1ccc2c(c1-c1cccc[n+]1C)Cc1ccccc1-2.Cc1ccccc1-c1c2c(cc[n+]1C)CCC2.Cc1ccccc1-c1c2ccccc2cc[n+]1C.Cc1ccccc1-c1cc2ccccc2c[n+]1C.Cc1ccccc1-c1ccc2ccccc2[n+]1C.Cc1ccccc1-c1cccc[n+]1C. The third-order valence-corrected chi connectivity index (χ3v) is 21.2. The van der Waals surface area contributed by atoms with E-state index in [4.69, 9.17) is 0 Å². The smallest absolute Gasteiger partial charge is 0.201 e. The van der Waals surface area contributed by atoms with Gasteiger partial charge >= 0.3 is 0 Å². The molecule has 0 bridgehead atoms. The second kappa shape index (κ2) is 71.5. The topological polar surface area (TPSA) is 23.3 Å². The highest BCUT2D eigenvalue weighted by Gasteiger charge is 2.27. The van der Waals surface area contributed by atoms with Gasteiger partial charge in [0.05, 0.1) is 10.9 Å². The molecule has 0 saturated heterocycles. The molecule has 6 heteroatoms. The van der Waals surface area contributed by atoms with Crippen molar-refractivity contribution in [2.24, 2.45) is 42.3 Å². The summed E-state index contributed by atoms with van der Waals surface area (Å²) in [5.74, 6) is 0. The van der Waals surface area contributed by atoms with E-state index < -0.39 is 0 Å². The molecule has 0 aliphatic heterocycles. The lowest BCUT2D eigenvalue weighted by atomic mass is 9.94. The first-order chi connectivity index (χ1) is 64.6. The molecule has 0 radical (unpaired) electrons. The van der Waals surface area contributed by atoms with Crippen molar-refractivity contribution in [3.63, 3.8) is 0 Å². The molecule has 0 fully saturated rings. The zero-order valence-electron chi connectivity index (χ0n) is 89.7. The summed E-state index contributed by atoms with van der Waals surface area (Å²) in [5, 5.41) is 6.43. The molecule has 18 rings (SSSR count). The normalized spacial score (nSPS) is 9.70. The molecule has 6 aromatic heterocycles. The Labute approximate surface area is 814 Å². The Kier molecular flexibility index (Phi) is 66.1. The van der Waals surface area contributed by atoms with E-state index in [1.54, 1.807) is 11.1 Å². The van der Waals surface area contributed by atoms with Crippen LogP contribution >= 0.6 is 0 Å². The highest BCUT2D eigenvalue weighted by Crippen LogP contribution is 2.42. The van der Waals surface area contributed by atoms with Gasteiger partial charge in [-0.15, -0.1) is 0 Å². The van der Waals surface area contributed by atoms with Crippen LogP contribution in [-0.4, -0.2) is 0 Å². The summed E-state index contributed by atoms with van der Waals surface area (Å²) in [6, 6.07) is 105. The van der Waals surface area contributed by atoms with E-state index in [2.05, 4.69) is 433 Å². The molecule has 6 heterocycles. The third kappa shape index (κ3) is 34.8. The maximum atomic E-state index is 2.28. The molecule has 0 atom stereocenters. The van der Waals surface area contributed by atoms with E-state index >= 15 is 0 Å². The summed E-state index contributed by atoms with van der Waals surface area (Å²) in [6.45, 7) is 65.0. The maximum absolute atomic E-state index is 2.28. The van der Waals surface area contributed by atoms with Gasteiger partial charge in [-0.2, -0.15) is 4.57 Å². The van der Waals surface area contributed by atoms with Crippen LogP contribution in [0.2, 0.25) is 0 Å². The lowest BCUT2D eigenvalue weighted by molar-refractivity contribution is -0.660. The minimum atomic E-state index is 0. The largest absolute Gasteiger partial charge is 0.220 e. The molecule has 16 aromatic rings. The summed E-state index contributed by atoms with van der Waals surface area (Å²) in [6.07, 6.45) is 15.5. The molecule has 0 unspecified atom stereocenters. The van der Waals surface area contributed by atoms with Crippen molar-refractivity contribution in [2.45, 2.75) is 255 Å². The van der Waals surface area contributed by atoms with Crippen LogP contribution in [0.25, 0.3) is 111 Å². The van der Waals surface area contributed by atoms with Gasteiger partial charge in [0.15, 0.2) is 31.0 Å². The average molecular weight is 1790 g/mol. The lowest BCUT2D eigenvalue weighted by Gasteiger charge is -2.10. The second-order valence-electron chi connectivity index (χ2n) is 28.3. The number of pyridine rings is 6. The van der Waals surface area contributed by atoms with Crippen molar-refractivity contribution in [3.05, 3.63) is 384 Å². The monoisotopic (exact) mass is 1790 g/mol. The van der Waals surface area contributed by atoms with E-state index in [9.17, 15) is 0 Å². The van der Waals surface area contributed by atoms with Crippen molar-refractivity contribution >= 4 is 32.4 Å². The van der Waals surface area contributed by atoms with Crippen LogP contribution in [0.3, 0.4) is 0 Å². The Morgan fingerprint density at radius 1 is 0.218 bits per heavy atom. The van der Waals surface area contributed by atoms with Gasteiger partial charge in [-0.3, -0.25) is 0 Å². The van der Waals surface area contributed by atoms with Crippen molar-refractivity contribution in [2.75, 3.05) is 0 Å². The molecule has 0 saturated carbocycles. The predicted octanol–water partition coefficient (Wildman–Crippen LogP) is 34.4. The van der Waals surface area contributed by atoms with Gasteiger partial charge < -0.3 is 0 Å². The lowest BCUT2D eigenvalue weighted by Crippen LogP contribution is -2.32. The number of aromatic nitrogens is 6. The first kappa shape index (κ1) is 123. The third-order valence-electron chi connectivity index (χ3n) is 21.2. The molecular weight excluding hydrogens is 1610 g/mol. The van der Waals surface area contributed by atoms with Crippen LogP contribution in [0.15, 0.2) is 328 Å². The standard InChI is InChI=1S/C20H18N.3C17H16N.C16H18N.C13H14N.13C2H6.CH4/c1-14-10-11-17-16-8-4-3-7-15(16)13-18(17)20(14)19-9-5-6-12-21(19)2;1-13-7-3-6-10-16(13)17-11-14-8-4-5-9-15(14)12-18(17)2;1-13-7-3-5-9-15(13)17-16-10-6-4-8-14(16)11-12-18(17)2;1-13-7-3-5-9-15(13)17-12-11-14-8-4-6-10-16(14)18(17)2;1-12-6-3-4-8-14(12)16-15-9-5-7-13(15)10-11-17(16)2;1-11-7-3-4-8-12(11)13-9-5-6-10-14(13)2;13*1-2;/h3-12H,13H2,1-2H3;3*3-12H,1-2H3;3-4,6,8,10-11H,5,7,9H2,1-2H3;3-10H,1-2H3;13*1-2H3;1H4/q6*+1;;;;;;;;;;;;;;. The van der Waals surface area contributed by atoms with Crippen LogP contribution in [0.4, 0.5) is 0 Å². The van der Waals surface area contributed by atoms with Gasteiger partial charge in [-0.25, -0.2) is 22.8 Å². The molecule has 133 heavy (non-hydrogen) atoms. The molecule has 10 aromatic carbocycles. The van der Waals surface area contributed by atoms with Crippen molar-refractivity contribution < 1.29 is 27.4 Å². The van der Waals surface area contributed by atoms with Gasteiger partial charge in [-0.1, -0.05) is 363 Å². The van der Waals surface area contributed by atoms with Gasteiger partial charge in [0.1, 0.15) is 42.3 Å². The van der Waals surface area contributed by atoms with Crippen molar-refractivity contribution in [1.82, 2.24) is 0 Å². The summed E-state index contributed by atoms with van der Waals surface area (Å²) in [5.41, 5.74) is 33.8. The van der Waals surface area contributed by atoms with Gasteiger partial charge in [0, 0.05) is 98.8 Å². The summed E-state index contributed by atoms with van der Waals surface area (Å²) in [7, 11) is 12.7. The first-order valence-corrected chi connectivity index (χ1v) is 50.2. The van der Waals surface area contributed by atoms with Crippen LogP contribution < -0.4 is 27.4 Å². The number of aryl methyl sites for hydroxylation is 13. The van der Waals surface area contributed by atoms with Crippen LogP contribution in [-0.2, 0) is 61.5 Å². The first-order valence-electron chi connectivity index (χ1n) is 50.2. The number of fused-ring (bicyclic) bond motifs is 7. The molecule has 2 aliphatic rings. The Morgan fingerprint density at radius 2 is 0.594 bits per heavy atom. The van der Waals surface area contributed by atoms with Gasteiger partial charge in [0.25, 0.3) is 0 Å². The predicted molar refractivity (Wildman–Crippen MR) is 594 cm³/mol. The van der Waals surface area contributed by atoms with E-state index in [-0.39, 0.29) is 7.43 Å². The molecule has 0 spiro atoms. The Morgan fingerprint density at radius 3 is 1.08 bits per heavy atom. The fourth-order valence-corrected chi connectivity index (χ4v) is 15.4. The number of benzene rings is 10. The highest BCUT2D eigenvalue weighted by atomic mass is 15.0. The minimum absolute atomic E-state index is 0. The fraction of sp³-hybridized carbons (Fsp3) is 0.339. The van der Waals surface area contributed by atoms with E-state index in [1.807, 2.05) is 186 Å². The minimum Gasteiger partial charge on any atom is -0.201 e. The quantitative estimate of drug-likeness (QED) is 0.148. The van der Waals surface area contributed by atoms with E-state index in [0.29, 0.717) is 0 Å². The van der Waals surface area contributed by atoms with Crippen molar-refractivity contribution in [1.29, 1.82) is 0 Å². The van der Waals surface area contributed by atoms with Gasteiger partial charge in [0.2, 0.25) is 39.7 Å². The molecular formula is C127H180N6+6. The van der Waals surface area contributed by atoms with Crippen LogP contribution in [0.5, 0.6) is 0 Å². The van der Waals surface area contributed by atoms with Gasteiger partial charge in [-0.05, 0) is 206 Å². The number of hydrogen-bond donors (Lipinski definition) is 0. The summed E-state index contributed by atoms with van der Waals surface area (Å²) in [4.78, 5) is 0. The number of para-hydroxylation sites is 1. The number of rotatable bonds is 6. The molecule has 0 amide bonds. The fourth-order valence-electron chi connectivity index (χ4n) is 15.4. The van der Waals surface area contributed by atoms with Crippen molar-refractivity contribution in [3.8, 4) is 78.7 Å². The number of nitrogens with zero attached hydrogens (tertiary/aromatic N) is 6. The van der Waals surface area contributed by atoms with E-state index in [0.717, 1.165) is 6.42 Å². The highest BCUT2D eigenvalue weighted by molar-refractivity contribution is 5.93. The maximum Gasteiger partial charge on any atom is 0.220 e. The molecule has 6 nitrogen and oxygen atoms in total. The summed E-state index contributed by atoms with van der Waals surface area (Å²) < 4.78 is 13.3. The molecule has 0 N–H and O–H groups in total. The molecule has 2 aliphatic carbocycles. The zero-order chi connectivity index (χ0) is 99.8. The van der Waals surface area contributed by atoms with E-state index in [1.165, 1.54) is 175 Å². The summed E-state index contributed by atoms with van der Waals surface area (Å²) >= 11 is 0. The Hall–Kier alpha value is -12.1.